The number of hydrogen-bond donors (Lipinski definition) is 2. The molecular weight excluding hydrogens is 243 g/mol. The first kappa shape index (κ1) is 13.9. The van der Waals surface area contributed by atoms with Gasteiger partial charge >= 0.3 is 12.1 Å². The van der Waals surface area contributed by atoms with Crippen molar-refractivity contribution in [1.82, 2.24) is 4.98 Å². The van der Waals surface area contributed by atoms with Gasteiger partial charge in [0.25, 0.3) is 0 Å². The Morgan fingerprint density at radius 1 is 1.39 bits per heavy atom. The van der Waals surface area contributed by atoms with Gasteiger partial charge in [-0.05, 0) is 20.8 Å². The Morgan fingerprint density at radius 2 is 2.00 bits per heavy atom. The SMILES string of the molecule is CC(C)(C)OC(=O)Nc1c(F)cncc1C(=O)O. The summed E-state index contributed by atoms with van der Waals surface area (Å²) in [4.78, 5) is 25.7. The van der Waals surface area contributed by atoms with Crippen LogP contribution in [0.3, 0.4) is 0 Å². The maximum Gasteiger partial charge on any atom is 0.412 e. The van der Waals surface area contributed by atoms with Crippen LogP contribution in [0.4, 0.5) is 14.9 Å². The van der Waals surface area contributed by atoms with E-state index in [0.717, 1.165) is 12.4 Å². The van der Waals surface area contributed by atoms with E-state index in [-0.39, 0.29) is 0 Å². The highest BCUT2D eigenvalue weighted by atomic mass is 19.1. The normalized spacial score (nSPS) is 10.9. The Labute approximate surface area is 103 Å². The number of aromatic carboxylic acids is 1. The van der Waals surface area contributed by atoms with Crippen molar-refractivity contribution in [2.45, 2.75) is 26.4 Å². The molecule has 0 fully saturated rings. The second kappa shape index (κ2) is 4.99. The lowest BCUT2D eigenvalue weighted by Crippen LogP contribution is -2.28. The van der Waals surface area contributed by atoms with Gasteiger partial charge in [0.15, 0.2) is 5.82 Å². The summed E-state index contributed by atoms with van der Waals surface area (Å²) in [5, 5.41) is 10.9. The number of carbonyl (C=O) groups excluding carboxylic acids is 1. The molecule has 0 aromatic carbocycles. The van der Waals surface area contributed by atoms with Gasteiger partial charge in [-0.15, -0.1) is 0 Å². The van der Waals surface area contributed by atoms with Crippen molar-refractivity contribution in [2.24, 2.45) is 0 Å². The van der Waals surface area contributed by atoms with Gasteiger partial charge in [-0.2, -0.15) is 0 Å². The lowest BCUT2D eigenvalue weighted by atomic mass is 10.2. The van der Waals surface area contributed by atoms with Crippen molar-refractivity contribution in [3.8, 4) is 0 Å². The number of nitrogens with zero attached hydrogens (tertiary/aromatic N) is 1. The fourth-order valence-electron chi connectivity index (χ4n) is 1.13. The molecule has 1 amide bonds. The quantitative estimate of drug-likeness (QED) is 0.847. The lowest BCUT2D eigenvalue weighted by molar-refractivity contribution is 0.0635. The van der Waals surface area contributed by atoms with Gasteiger partial charge in [-0.25, -0.2) is 14.0 Å². The average Bonchev–Trinajstić information content (AvgIpc) is 2.17. The summed E-state index contributed by atoms with van der Waals surface area (Å²) in [6.45, 7) is 4.90. The van der Waals surface area contributed by atoms with E-state index < -0.39 is 34.7 Å². The summed E-state index contributed by atoms with van der Waals surface area (Å²) in [5.41, 5.74) is -1.68. The van der Waals surface area contributed by atoms with Crippen LogP contribution in [0.15, 0.2) is 12.4 Å². The predicted octanol–water partition coefficient (Wildman–Crippen LogP) is 2.27. The Kier molecular flexibility index (Phi) is 3.85. The van der Waals surface area contributed by atoms with Gasteiger partial charge in [0.05, 0.1) is 11.9 Å². The number of anilines is 1. The molecule has 0 bridgehead atoms. The monoisotopic (exact) mass is 256 g/mol. The molecule has 0 spiro atoms. The third-order valence-corrected chi connectivity index (χ3v) is 1.76. The average molecular weight is 256 g/mol. The summed E-state index contributed by atoms with van der Waals surface area (Å²) < 4.78 is 18.3. The van der Waals surface area contributed by atoms with Crippen LogP contribution < -0.4 is 5.32 Å². The lowest BCUT2D eigenvalue weighted by Gasteiger charge is -2.20. The van der Waals surface area contributed by atoms with E-state index in [1.807, 2.05) is 0 Å². The van der Waals surface area contributed by atoms with Crippen LogP contribution in [0.5, 0.6) is 0 Å². The Balaban J connectivity index is 2.97. The third kappa shape index (κ3) is 3.69. The molecule has 0 saturated heterocycles. The number of aromatic nitrogens is 1. The summed E-state index contributed by atoms with van der Waals surface area (Å²) in [7, 11) is 0. The van der Waals surface area contributed by atoms with Crippen LogP contribution in [-0.2, 0) is 4.74 Å². The van der Waals surface area contributed by atoms with Crippen LogP contribution in [-0.4, -0.2) is 27.8 Å². The second-order valence-corrected chi connectivity index (χ2v) is 4.48. The number of carbonyl (C=O) groups is 2. The first-order valence-electron chi connectivity index (χ1n) is 5.07. The predicted molar refractivity (Wildman–Crippen MR) is 61.0 cm³/mol. The number of pyridine rings is 1. The maximum absolute atomic E-state index is 13.4. The van der Waals surface area contributed by atoms with Crippen molar-refractivity contribution in [2.75, 3.05) is 5.32 Å². The first-order chi connectivity index (χ1) is 8.20. The summed E-state index contributed by atoms with van der Waals surface area (Å²) in [6.07, 6.45) is 0.812. The number of ether oxygens (including phenoxy) is 1. The van der Waals surface area contributed by atoms with Gasteiger partial charge in [0.2, 0.25) is 0 Å². The molecule has 1 rings (SSSR count). The minimum absolute atomic E-state index is 0.444. The van der Waals surface area contributed by atoms with E-state index >= 15 is 0 Å². The minimum atomic E-state index is -1.40. The van der Waals surface area contributed by atoms with Gasteiger partial charge < -0.3 is 9.84 Å². The summed E-state index contributed by atoms with van der Waals surface area (Å²) in [6, 6.07) is 0. The number of carboxylic acid groups (broad SMARTS) is 1. The van der Waals surface area contributed by atoms with Crippen molar-refractivity contribution < 1.29 is 23.8 Å². The molecule has 0 saturated carbocycles. The molecule has 0 aliphatic carbocycles. The molecule has 0 atom stereocenters. The Morgan fingerprint density at radius 3 is 2.50 bits per heavy atom. The smallest absolute Gasteiger partial charge is 0.412 e. The third-order valence-electron chi connectivity index (χ3n) is 1.76. The summed E-state index contributed by atoms with van der Waals surface area (Å²) >= 11 is 0. The van der Waals surface area contributed by atoms with Crippen LogP contribution in [0.2, 0.25) is 0 Å². The Bertz CT molecular complexity index is 482. The molecule has 0 aliphatic heterocycles. The van der Waals surface area contributed by atoms with Crippen LogP contribution >= 0.6 is 0 Å². The zero-order valence-electron chi connectivity index (χ0n) is 10.2. The maximum atomic E-state index is 13.4. The van der Waals surface area contributed by atoms with E-state index in [4.69, 9.17) is 9.84 Å². The fraction of sp³-hybridized carbons (Fsp3) is 0.364. The van der Waals surface area contributed by atoms with E-state index in [1.165, 1.54) is 0 Å². The molecule has 1 heterocycles. The minimum Gasteiger partial charge on any atom is -0.478 e. The molecule has 2 N–H and O–H groups in total. The number of carboxylic acids is 1. The van der Waals surface area contributed by atoms with Gasteiger partial charge in [0, 0.05) is 6.20 Å². The van der Waals surface area contributed by atoms with Gasteiger partial charge in [-0.3, -0.25) is 10.3 Å². The van der Waals surface area contributed by atoms with E-state index in [9.17, 15) is 14.0 Å². The second-order valence-electron chi connectivity index (χ2n) is 4.48. The van der Waals surface area contributed by atoms with Gasteiger partial charge in [0.1, 0.15) is 11.2 Å². The molecule has 1 aromatic rings. The summed E-state index contributed by atoms with van der Waals surface area (Å²) in [5.74, 6) is -2.34. The molecule has 0 radical (unpaired) electrons. The molecule has 0 unspecified atom stereocenters. The fourth-order valence-corrected chi connectivity index (χ4v) is 1.13. The van der Waals surface area contributed by atoms with E-state index in [0.29, 0.717) is 0 Å². The van der Waals surface area contributed by atoms with Crippen molar-refractivity contribution in [3.05, 3.63) is 23.8 Å². The van der Waals surface area contributed by atoms with Gasteiger partial charge in [-0.1, -0.05) is 0 Å². The van der Waals surface area contributed by atoms with Crippen LogP contribution in [0.1, 0.15) is 31.1 Å². The van der Waals surface area contributed by atoms with E-state index in [2.05, 4.69) is 10.3 Å². The van der Waals surface area contributed by atoms with Crippen molar-refractivity contribution in [3.63, 3.8) is 0 Å². The molecule has 98 valence electrons. The van der Waals surface area contributed by atoms with Crippen LogP contribution in [0.25, 0.3) is 0 Å². The number of amides is 1. The zero-order valence-corrected chi connectivity index (χ0v) is 10.2. The number of nitrogens with one attached hydrogen (secondary N) is 1. The first-order valence-corrected chi connectivity index (χ1v) is 5.07. The molecular formula is C11H13FN2O4. The highest BCUT2D eigenvalue weighted by molar-refractivity contribution is 5.98. The molecule has 7 heteroatoms. The molecule has 18 heavy (non-hydrogen) atoms. The molecule has 1 aromatic heterocycles. The van der Waals surface area contributed by atoms with Crippen LogP contribution in [0, 0.1) is 5.82 Å². The zero-order chi connectivity index (χ0) is 13.9. The highest BCUT2D eigenvalue weighted by Gasteiger charge is 2.21. The Hall–Kier alpha value is -2.18. The number of rotatable bonds is 2. The highest BCUT2D eigenvalue weighted by Crippen LogP contribution is 2.19. The number of halogens is 1. The topological polar surface area (TPSA) is 88.5 Å². The van der Waals surface area contributed by atoms with E-state index in [1.54, 1.807) is 20.8 Å². The number of hydrogen-bond acceptors (Lipinski definition) is 4. The largest absolute Gasteiger partial charge is 0.478 e. The van der Waals surface area contributed by atoms with Crippen molar-refractivity contribution in [1.29, 1.82) is 0 Å². The standard InChI is InChI=1S/C11H13FN2O4/c1-11(2,3)18-10(17)14-8-6(9(15)16)4-13-5-7(8)12/h4-5H,1-3H3,(H,15,16)(H,13,14,17). The van der Waals surface area contributed by atoms with Crippen molar-refractivity contribution >= 4 is 17.7 Å². The molecule has 6 nitrogen and oxygen atoms in total. The molecule has 0 aliphatic rings.